The lowest BCUT2D eigenvalue weighted by atomic mass is 9.96. The number of pyridine rings is 1. The number of Topliss-reactive ketones (excluding diaryl/α,β-unsaturated/α-hetero) is 1. The van der Waals surface area contributed by atoms with Crippen molar-refractivity contribution in [3.05, 3.63) is 65.0 Å². The van der Waals surface area contributed by atoms with Crippen LogP contribution in [0.2, 0.25) is 0 Å². The molecule has 52 heavy (non-hydrogen) atoms. The van der Waals surface area contributed by atoms with Crippen LogP contribution in [0.15, 0.2) is 36.7 Å². The van der Waals surface area contributed by atoms with Crippen molar-refractivity contribution in [2.45, 2.75) is 90.5 Å². The molecule has 3 amide bonds. The fraction of sp³-hybridized carbons (Fsp3) is 0.459. The molecule has 1 saturated heterocycles. The molecule has 4 aromatic rings. The van der Waals surface area contributed by atoms with E-state index in [2.05, 4.69) is 25.4 Å². The zero-order valence-corrected chi connectivity index (χ0v) is 29.4. The first-order valence-electron chi connectivity index (χ1n) is 17.4. The van der Waals surface area contributed by atoms with Gasteiger partial charge in [0.25, 0.3) is 0 Å². The first kappa shape index (κ1) is 35.2. The second kappa shape index (κ2) is 13.1. The van der Waals surface area contributed by atoms with Gasteiger partial charge in [-0.05, 0) is 80.8 Å². The Labute approximate surface area is 297 Å². The van der Waals surface area contributed by atoms with Gasteiger partial charge in [-0.25, -0.2) is 15.0 Å². The highest BCUT2D eigenvalue weighted by Crippen LogP contribution is 2.60. The normalized spacial score (nSPS) is 22.4. The molecule has 0 spiro atoms. The third-order valence-electron chi connectivity index (χ3n) is 10.6. The minimum atomic E-state index is -4.72. The number of halogens is 3. The van der Waals surface area contributed by atoms with E-state index in [1.807, 2.05) is 12.1 Å². The molecule has 5 heterocycles. The molecule has 1 N–H and O–H groups in total. The summed E-state index contributed by atoms with van der Waals surface area (Å²) < 4.78 is 42.1. The molecule has 3 atom stereocenters. The fourth-order valence-corrected chi connectivity index (χ4v) is 7.86. The van der Waals surface area contributed by atoms with Crippen LogP contribution < -0.4 is 5.32 Å². The van der Waals surface area contributed by atoms with Crippen molar-refractivity contribution in [3.8, 4) is 11.1 Å². The van der Waals surface area contributed by atoms with Crippen LogP contribution in [-0.4, -0.2) is 83.7 Å². The topological polar surface area (TPSA) is 143 Å². The van der Waals surface area contributed by atoms with E-state index in [4.69, 9.17) is 0 Å². The van der Waals surface area contributed by atoms with E-state index >= 15 is 0 Å². The van der Waals surface area contributed by atoms with E-state index in [1.54, 1.807) is 31.3 Å². The highest BCUT2D eigenvalue weighted by atomic mass is 19.4. The molecule has 272 valence electrons. The van der Waals surface area contributed by atoms with Gasteiger partial charge in [-0.2, -0.15) is 18.3 Å². The number of carbonyl (C=O) groups excluding carboxylic acids is 4. The minimum Gasteiger partial charge on any atom is -0.345 e. The molecule has 1 aromatic carbocycles. The molecule has 1 aliphatic carbocycles. The Morgan fingerprint density at radius 1 is 0.962 bits per heavy atom. The van der Waals surface area contributed by atoms with Crippen molar-refractivity contribution >= 4 is 40.2 Å². The predicted molar refractivity (Wildman–Crippen MR) is 184 cm³/mol. The first-order valence-corrected chi connectivity index (χ1v) is 17.4. The summed E-state index contributed by atoms with van der Waals surface area (Å²) in [6.07, 6.45) is 2.61. The number of benzene rings is 1. The number of rotatable bonds is 4. The highest BCUT2D eigenvalue weighted by molar-refractivity contribution is 6.07. The van der Waals surface area contributed by atoms with Gasteiger partial charge in [-0.15, -0.1) is 0 Å². The van der Waals surface area contributed by atoms with Crippen LogP contribution in [0.5, 0.6) is 0 Å². The summed E-state index contributed by atoms with van der Waals surface area (Å²) in [5, 5.41) is 7.81. The standard InChI is InChI=1S/C37H39F3N8O4/c1-20-10-11-28(37(38,39)40)43-34(20)44-35(52)27-14-36-15-29(36)48(27)31(51)18-47-33-23(8-6-5-7-9-30(50)46(4)19-36)12-24(25-16-41-22(3)42-17-25)13-26(33)32(45-47)21(2)49/h10-13,16-17,27,29H,5-9,14-15,18-19H2,1-4H3,(H,43,44,52)/t27-,29+,36-/m0/s1. The first-order chi connectivity index (χ1) is 24.6. The lowest BCUT2D eigenvalue weighted by Crippen LogP contribution is -2.47. The van der Waals surface area contributed by atoms with Gasteiger partial charge in [-0.3, -0.25) is 23.9 Å². The van der Waals surface area contributed by atoms with Crippen LogP contribution in [0.3, 0.4) is 0 Å². The number of hydrogen-bond donors (Lipinski definition) is 1. The maximum absolute atomic E-state index is 14.5. The van der Waals surface area contributed by atoms with Crippen LogP contribution in [0.4, 0.5) is 19.0 Å². The maximum Gasteiger partial charge on any atom is 0.433 e. The Kier molecular flexibility index (Phi) is 8.86. The van der Waals surface area contributed by atoms with Crippen molar-refractivity contribution < 1.29 is 32.3 Å². The van der Waals surface area contributed by atoms with E-state index in [-0.39, 0.29) is 42.2 Å². The monoisotopic (exact) mass is 716 g/mol. The number of hydrogen-bond acceptors (Lipinski definition) is 8. The number of carbonyl (C=O) groups is 4. The number of aromatic nitrogens is 5. The SMILES string of the molecule is CC(=O)c1nn2c3c(cc(-c4cnc(C)nc4)cc13)CCCCCC(=O)N(C)C[C@@]13C[C@@H](C(=O)Nc4nc(C(F)(F)F)ccc4C)N(C(=O)C2)[C@@H]1C3. The van der Waals surface area contributed by atoms with Crippen molar-refractivity contribution in [1.82, 2.24) is 34.5 Å². The number of nitrogens with one attached hydrogen (secondary N) is 1. The van der Waals surface area contributed by atoms with E-state index in [0.717, 1.165) is 35.6 Å². The highest BCUT2D eigenvalue weighted by Gasteiger charge is 2.67. The van der Waals surface area contributed by atoms with E-state index in [0.29, 0.717) is 54.5 Å². The molecular formula is C37H39F3N8O4. The van der Waals surface area contributed by atoms with Crippen molar-refractivity contribution in [2.24, 2.45) is 5.41 Å². The molecule has 2 fully saturated rings. The number of aryl methyl sites for hydroxylation is 3. The van der Waals surface area contributed by atoms with Gasteiger partial charge in [0.05, 0.1) is 5.52 Å². The predicted octanol–water partition coefficient (Wildman–Crippen LogP) is 5.30. The van der Waals surface area contributed by atoms with Crippen molar-refractivity contribution in [2.75, 3.05) is 18.9 Å². The molecule has 1 saturated carbocycles. The van der Waals surface area contributed by atoms with Crippen LogP contribution in [0.25, 0.3) is 22.0 Å². The molecule has 2 aliphatic heterocycles. The average Bonchev–Trinajstić information content (AvgIpc) is 3.48. The molecule has 2 bridgehead atoms. The minimum absolute atomic E-state index is 0.0328. The fourth-order valence-electron chi connectivity index (χ4n) is 7.86. The van der Waals surface area contributed by atoms with Crippen LogP contribution in [0.1, 0.15) is 78.6 Å². The summed E-state index contributed by atoms with van der Waals surface area (Å²) >= 11 is 0. The van der Waals surface area contributed by atoms with Gasteiger partial charge >= 0.3 is 6.18 Å². The van der Waals surface area contributed by atoms with Gasteiger partial charge < -0.3 is 15.1 Å². The number of ketones is 1. The molecule has 15 heteroatoms. The molecule has 12 nitrogen and oxygen atoms in total. The molecule has 3 aliphatic rings. The Bertz CT molecular complexity index is 2110. The number of piperidine rings is 1. The Hall–Kier alpha value is -5.21. The summed E-state index contributed by atoms with van der Waals surface area (Å²) in [5.41, 5.74) is 1.86. The number of anilines is 1. The Balaban J connectivity index is 1.29. The zero-order valence-electron chi connectivity index (χ0n) is 29.4. The van der Waals surface area contributed by atoms with Gasteiger partial charge in [-0.1, -0.05) is 12.5 Å². The van der Waals surface area contributed by atoms with Gasteiger partial charge in [0.15, 0.2) is 5.78 Å². The quantitative estimate of drug-likeness (QED) is 0.281. The van der Waals surface area contributed by atoms with Crippen molar-refractivity contribution in [3.63, 3.8) is 0 Å². The van der Waals surface area contributed by atoms with Crippen molar-refractivity contribution in [1.29, 1.82) is 0 Å². The van der Waals surface area contributed by atoms with Gasteiger partial charge in [0.2, 0.25) is 17.7 Å². The van der Waals surface area contributed by atoms with Gasteiger partial charge in [0.1, 0.15) is 35.6 Å². The third-order valence-corrected chi connectivity index (χ3v) is 10.6. The molecule has 3 aromatic heterocycles. The van der Waals surface area contributed by atoms with E-state index in [1.165, 1.54) is 29.5 Å². The molecule has 7 rings (SSSR count). The summed E-state index contributed by atoms with van der Waals surface area (Å²) in [4.78, 5) is 70.1. The largest absolute Gasteiger partial charge is 0.433 e. The summed E-state index contributed by atoms with van der Waals surface area (Å²) in [5.74, 6) is -1.03. The number of nitrogens with zero attached hydrogens (tertiary/aromatic N) is 7. The van der Waals surface area contributed by atoms with Crippen LogP contribution in [-0.2, 0) is 33.5 Å². The summed E-state index contributed by atoms with van der Waals surface area (Å²) in [6.45, 7) is 4.80. The molecular weight excluding hydrogens is 677 g/mol. The summed E-state index contributed by atoms with van der Waals surface area (Å²) in [7, 11) is 1.72. The Morgan fingerprint density at radius 2 is 1.69 bits per heavy atom. The maximum atomic E-state index is 14.5. The third kappa shape index (κ3) is 6.52. The smallest absolute Gasteiger partial charge is 0.345 e. The van der Waals surface area contributed by atoms with Crippen LogP contribution >= 0.6 is 0 Å². The summed E-state index contributed by atoms with van der Waals surface area (Å²) in [6, 6.07) is 4.51. The van der Waals surface area contributed by atoms with E-state index < -0.39 is 35.1 Å². The lowest BCUT2D eigenvalue weighted by Gasteiger charge is -2.27. The van der Waals surface area contributed by atoms with Crippen LogP contribution in [0, 0.1) is 19.3 Å². The zero-order chi connectivity index (χ0) is 37.1. The molecule has 0 radical (unpaired) electrons. The number of amides is 3. The average molecular weight is 717 g/mol. The second-order valence-corrected chi connectivity index (χ2v) is 14.4. The Morgan fingerprint density at radius 3 is 2.40 bits per heavy atom. The second-order valence-electron chi connectivity index (χ2n) is 14.4. The van der Waals surface area contributed by atoms with E-state index in [9.17, 15) is 32.3 Å². The molecule has 0 unspecified atom stereocenters. The number of alkyl halides is 3. The van der Waals surface area contributed by atoms with Gasteiger partial charge in [0, 0.05) is 61.7 Å². The lowest BCUT2D eigenvalue weighted by molar-refractivity contribution is -0.141.